The maximum absolute atomic E-state index is 6.29. The molecule has 2 heterocycles. The van der Waals surface area contributed by atoms with Gasteiger partial charge in [-0.05, 0) is 26.2 Å². The van der Waals surface area contributed by atoms with Gasteiger partial charge >= 0.3 is 0 Å². The van der Waals surface area contributed by atoms with Crippen LogP contribution in [-0.4, -0.2) is 23.0 Å². The highest BCUT2D eigenvalue weighted by Gasteiger charge is 2.21. The Hall–Kier alpha value is -0.540. The van der Waals surface area contributed by atoms with E-state index in [4.69, 9.17) is 16.3 Å². The van der Waals surface area contributed by atoms with Crippen molar-refractivity contribution < 1.29 is 4.74 Å². The lowest BCUT2D eigenvalue weighted by atomic mass is 10.1. The number of aromatic nitrogens is 2. The molecule has 1 aromatic heterocycles. The Bertz CT molecular complexity index is 343. The predicted octanol–water partition coefficient (Wildman–Crippen LogP) is 2.76. The van der Waals surface area contributed by atoms with Crippen LogP contribution in [0.15, 0.2) is 0 Å². The van der Waals surface area contributed by atoms with Crippen molar-refractivity contribution in [2.45, 2.75) is 39.2 Å². The molecule has 0 bridgehead atoms. The highest BCUT2D eigenvalue weighted by Crippen LogP contribution is 2.28. The van der Waals surface area contributed by atoms with Gasteiger partial charge in [-0.3, -0.25) is 4.68 Å². The summed E-state index contributed by atoms with van der Waals surface area (Å²) < 4.78 is 7.32. The summed E-state index contributed by atoms with van der Waals surface area (Å²) in [6, 6.07) is 0.422. The first-order chi connectivity index (χ1) is 7.24. The van der Waals surface area contributed by atoms with Crippen LogP contribution in [0.4, 0.5) is 0 Å². The van der Waals surface area contributed by atoms with Crippen LogP contribution in [0.25, 0.3) is 0 Å². The molecular formula is C11H17ClN2O. The first-order valence-electron chi connectivity index (χ1n) is 5.55. The molecule has 0 aromatic carbocycles. The summed E-state index contributed by atoms with van der Waals surface area (Å²) in [5, 5.41) is 5.39. The van der Waals surface area contributed by atoms with E-state index in [-0.39, 0.29) is 0 Å². The Labute approximate surface area is 95.4 Å². The summed E-state index contributed by atoms with van der Waals surface area (Å²) >= 11 is 6.29. The third kappa shape index (κ3) is 2.04. The number of hydrogen-bond donors (Lipinski definition) is 0. The van der Waals surface area contributed by atoms with E-state index in [1.54, 1.807) is 0 Å². The van der Waals surface area contributed by atoms with Crippen LogP contribution < -0.4 is 0 Å². The number of hydrogen-bond acceptors (Lipinski definition) is 2. The van der Waals surface area contributed by atoms with Gasteiger partial charge in [-0.25, -0.2) is 0 Å². The molecule has 0 aliphatic carbocycles. The molecule has 0 amide bonds. The maximum atomic E-state index is 6.29. The Kier molecular flexibility index (Phi) is 3.32. The SMILES string of the molecule is CCc1nn(C2CCOCC2)c(Cl)c1C. The van der Waals surface area contributed by atoms with Crippen molar-refractivity contribution in [3.63, 3.8) is 0 Å². The van der Waals surface area contributed by atoms with E-state index in [0.717, 1.165) is 48.9 Å². The molecule has 0 spiro atoms. The van der Waals surface area contributed by atoms with Crippen molar-refractivity contribution in [1.29, 1.82) is 0 Å². The fourth-order valence-electron chi connectivity index (χ4n) is 2.05. The molecule has 1 saturated heterocycles. The van der Waals surface area contributed by atoms with Gasteiger partial charge in [0.15, 0.2) is 0 Å². The van der Waals surface area contributed by atoms with Crippen LogP contribution >= 0.6 is 11.6 Å². The topological polar surface area (TPSA) is 27.1 Å². The van der Waals surface area contributed by atoms with Gasteiger partial charge in [-0.2, -0.15) is 5.10 Å². The summed E-state index contributed by atoms with van der Waals surface area (Å²) in [5.41, 5.74) is 2.25. The van der Waals surface area contributed by atoms with E-state index >= 15 is 0 Å². The van der Waals surface area contributed by atoms with Crippen molar-refractivity contribution in [1.82, 2.24) is 9.78 Å². The zero-order valence-electron chi connectivity index (χ0n) is 9.29. The van der Waals surface area contributed by atoms with Crippen LogP contribution in [0, 0.1) is 6.92 Å². The molecule has 1 aliphatic rings. The number of aryl methyl sites for hydroxylation is 1. The van der Waals surface area contributed by atoms with Crippen LogP contribution in [0.5, 0.6) is 0 Å². The van der Waals surface area contributed by atoms with Crippen molar-refractivity contribution in [3.05, 3.63) is 16.4 Å². The van der Waals surface area contributed by atoms with Gasteiger partial charge in [0.1, 0.15) is 5.15 Å². The molecule has 1 aromatic rings. The van der Waals surface area contributed by atoms with E-state index in [2.05, 4.69) is 12.0 Å². The van der Waals surface area contributed by atoms with Gasteiger partial charge in [0.25, 0.3) is 0 Å². The largest absolute Gasteiger partial charge is 0.381 e. The second kappa shape index (κ2) is 4.54. The monoisotopic (exact) mass is 228 g/mol. The molecule has 84 valence electrons. The quantitative estimate of drug-likeness (QED) is 0.779. The van der Waals surface area contributed by atoms with E-state index in [9.17, 15) is 0 Å². The molecular weight excluding hydrogens is 212 g/mol. The molecule has 2 rings (SSSR count). The molecule has 4 heteroatoms. The lowest BCUT2D eigenvalue weighted by molar-refractivity contribution is 0.0662. The Morgan fingerprint density at radius 1 is 1.47 bits per heavy atom. The molecule has 0 radical (unpaired) electrons. The average molecular weight is 229 g/mol. The zero-order chi connectivity index (χ0) is 10.8. The lowest BCUT2D eigenvalue weighted by Gasteiger charge is -2.23. The van der Waals surface area contributed by atoms with Gasteiger partial charge in [0, 0.05) is 18.8 Å². The summed E-state index contributed by atoms with van der Waals surface area (Å²) in [6.07, 6.45) is 2.98. The molecule has 3 nitrogen and oxygen atoms in total. The number of rotatable bonds is 2. The van der Waals surface area contributed by atoms with Gasteiger partial charge in [0.05, 0.1) is 11.7 Å². The van der Waals surface area contributed by atoms with Gasteiger partial charge in [-0.1, -0.05) is 18.5 Å². The third-order valence-electron chi connectivity index (χ3n) is 3.04. The van der Waals surface area contributed by atoms with E-state index < -0.39 is 0 Å². The molecule has 0 saturated carbocycles. The Balaban J connectivity index is 2.26. The standard InChI is InChI=1S/C11H17ClN2O/c1-3-10-8(2)11(12)14(13-10)9-4-6-15-7-5-9/h9H,3-7H2,1-2H3. The van der Waals surface area contributed by atoms with Crippen molar-refractivity contribution in [2.24, 2.45) is 0 Å². The maximum Gasteiger partial charge on any atom is 0.130 e. The van der Waals surface area contributed by atoms with E-state index in [0.29, 0.717) is 6.04 Å². The summed E-state index contributed by atoms with van der Waals surface area (Å²) in [7, 11) is 0. The highest BCUT2D eigenvalue weighted by atomic mass is 35.5. The fourth-order valence-corrected chi connectivity index (χ4v) is 2.33. The van der Waals surface area contributed by atoms with Crippen LogP contribution in [0.2, 0.25) is 5.15 Å². The summed E-state index contributed by atoms with van der Waals surface area (Å²) in [5.74, 6) is 0. The highest BCUT2D eigenvalue weighted by molar-refractivity contribution is 6.30. The fraction of sp³-hybridized carbons (Fsp3) is 0.727. The molecule has 0 atom stereocenters. The normalized spacial score (nSPS) is 18.3. The van der Waals surface area contributed by atoms with Crippen molar-refractivity contribution in [3.8, 4) is 0 Å². The predicted molar refractivity (Wildman–Crippen MR) is 60.4 cm³/mol. The van der Waals surface area contributed by atoms with Gasteiger partial charge in [0.2, 0.25) is 0 Å². The van der Waals surface area contributed by atoms with Gasteiger partial charge < -0.3 is 4.74 Å². The first kappa shape index (κ1) is 11.0. The molecule has 1 fully saturated rings. The Morgan fingerprint density at radius 3 is 2.67 bits per heavy atom. The average Bonchev–Trinajstić information content (AvgIpc) is 2.57. The van der Waals surface area contributed by atoms with E-state index in [1.165, 1.54) is 0 Å². The smallest absolute Gasteiger partial charge is 0.130 e. The summed E-state index contributed by atoms with van der Waals surface area (Å²) in [4.78, 5) is 0. The lowest BCUT2D eigenvalue weighted by Crippen LogP contribution is -2.20. The van der Waals surface area contributed by atoms with Crippen LogP contribution in [-0.2, 0) is 11.2 Å². The summed E-state index contributed by atoms with van der Waals surface area (Å²) in [6.45, 7) is 5.80. The molecule has 15 heavy (non-hydrogen) atoms. The number of halogens is 1. The van der Waals surface area contributed by atoms with Gasteiger partial charge in [-0.15, -0.1) is 0 Å². The van der Waals surface area contributed by atoms with Crippen LogP contribution in [0.1, 0.15) is 37.1 Å². The first-order valence-corrected chi connectivity index (χ1v) is 5.93. The van der Waals surface area contributed by atoms with Crippen molar-refractivity contribution >= 4 is 11.6 Å². The van der Waals surface area contributed by atoms with E-state index in [1.807, 2.05) is 11.6 Å². The minimum atomic E-state index is 0.422. The van der Waals surface area contributed by atoms with Crippen molar-refractivity contribution in [2.75, 3.05) is 13.2 Å². The minimum Gasteiger partial charge on any atom is -0.381 e. The molecule has 0 N–H and O–H groups in total. The zero-order valence-corrected chi connectivity index (χ0v) is 10.0. The number of nitrogens with zero attached hydrogens (tertiary/aromatic N) is 2. The second-order valence-corrected chi connectivity index (χ2v) is 4.36. The minimum absolute atomic E-state index is 0.422. The molecule has 1 aliphatic heterocycles. The second-order valence-electron chi connectivity index (χ2n) is 4.00. The third-order valence-corrected chi connectivity index (χ3v) is 3.50. The Morgan fingerprint density at radius 2 is 2.13 bits per heavy atom. The van der Waals surface area contributed by atoms with Crippen LogP contribution in [0.3, 0.4) is 0 Å². The molecule has 0 unspecified atom stereocenters. The number of ether oxygens (including phenoxy) is 1.